The molecule has 3 aromatic rings. The number of likely N-dealkylation sites (tertiary alicyclic amines) is 1. The molecule has 2 aliphatic heterocycles. The first-order valence-electron chi connectivity index (χ1n) is 12.7. The number of Topliss-reactive ketones (excluding diaryl/α,β-unsaturated/α-hetero) is 1. The van der Waals surface area contributed by atoms with Crippen LogP contribution in [0.15, 0.2) is 78.4 Å². The molecule has 2 heterocycles. The fraction of sp³-hybridized carbons (Fsp3) is 0.323. The summed E-state index contributed by atoms with van der Waals surface area (Å²) in [6.07, 6.45) is 3.11. The van der Waals surface area contributed by atoms with Crippen LogP contribution in [0.25, 0.3) is 6.08 Å². The van der Waals surface area contributed by atoms with Crippen LogP contribution in [0.3, 0.4) is 0 Å². The Morgan fingerprint density at radius 2 is 1.81 bits per heavy atom. The maximum absolute atomic E-state index is 14.0. The van der Waals surface area contributed by atoms with Gasteiger partial charge in [-0.25, -0.2) is 0 Å². The molecule has 0 radical (unpaired) electrons. The summed E-state index contributed by atoms with van der Waals surface area (Å²) in [7, 11) is 1.63. The smallest absolute Gasteiger partial charge is 0.200 e. The zero-order valence-electron chi connectivity index (χ0n) is 20.1. The normalized spacial score (nSPS) is 37.3. The first-order chi connectivity index (χ1) is 17.5. The third-order valence-electron chi connectivity index (χ3n) is 9.54. The second-order valence-electron chi connectivity index (χ2n) is 11.1. The third kappa shape index (κ3) is 2.27. The number of rotatable bonds is 4. The first kappa shape index (κ1) is 20.7. The van der Waals surface area contributed by atoms with Gasteiger partial charge in [-0.15, -0.1) is 0 Å². The Bertz CT molecular complexity index is 1470. The summed E-state index contributed by atoms with van der Waals surface area (Å²) in [5.41, 5.74) is 3.02. The highest BCUT2D eigenvalue weighted by atomic mass is 16.5. The number of ketones is 1. The van der Waals surface area contributed by atoms with Gasteiger partial charge in [0.05, 0.1) is 18.6 Å². The molecular weight excluding hydrogens is 450 g/mol. The zero-order valence-corrected chi connectivity index (χ0v) is 20.1. The second-order valence-corrected chi connectivity index (χ2v) is 11.1. The largest absolute Gasteiger partial charge is 0.493 e. The summed E-state index contributed by atoms with van der Waals surface area (Å²) in [5, 5.41) is 12.9. The van der Waals surface area contributed by atoms with E-state index in [-0.39, 0.29) is 17.4 Å². The lowest BCUT2D eigenvalue weighted by Crippen LogP contribution is -2.65. The predicted octanol–water partition coefficient (Wildman–Crippen LogP) is 4.06. The summed E-state index contributed by atoms with van der Waals surface area (Å²) in [6, 6.07) is 24.4. The Labute approximate surface area is 210 Å². The number of ether oxygens (including phenoxy) is 2. The molecule has 3 aromatic carbocycles. The average Bonchev–Trinajstić information content (AvgIpc) is 3.22. The van der Waals surface area contributed by atoms with Gasteiger partial charge in [0.2, 0.25) is 0 Å². The van der Waals surface area contributed by atoms with Gasteiger partial charge >= 0.3 is 0 Å². The van der Waals surface area contributed by atoms with E-state index >= 15 is 0 Å². The maximum Gasteiger partial charge on any atom is 0.200 e. The molecule has 5 heteroatoms. The molecule has 0 aromatic heterocycles. The molecule has 6 atom stereocenters. The van der Waals surface area contributed by atoms with Gasteiger partial charge in [-0.05, 0) is 41.7 Å². The number of hydrogen-bond acceptors (Lipinski definition) is 5. The first-order valence-corrected chi connectivity index (χ1v) is 12.7. The molecule has 36 heavy (non-hydrogen) atoms. The fourth-order valence-corrected chi connectivity index (χ4v) is 8.28. The second kappa shape index (κ2) is 6.67. The molecule has 2 saturated carbocycles. The lowest BCUT2D eigenvalue weighted by molar-refractivity contribution is -0.141. The lowest BCUT2D eigenvalue weighted by atomic mass is 9.56. The van der Waals surface area contributed by atoms with Gasteiger partial charge in [0, 0.05) is 29.6 Å². The van der Waals surface area contributed by atoms with Crippen molar-refractivity contribution in [1.29, 1.82) is 0 Å². The van der Waals surface area contributed by atoms with E-state index in [2.05, 4.69) is 35.2 Å². The summed E-state index contributed by atoms with van der Waals surface area (Å²) in [6.45, 7) is 0.791. The molecule has 8 rings (SSSR count). The minimum absolute atomic E-state index is 0.0132. The van der Waals surface area contributed by atoms with E-state index in [0.717, 1.165) is 30.5 Å². The number of nitrogens with zero attached hydrogens (tertiary/aromatic N) is 1. The van der Waals surface area contributed by atoms with Crippen molar-refractivity contribution >= 4 is 11.9 Å². The van der Waals surface area contributed by atoms with Crippen LogP contribution >= 0.6 is 0 Å². The van der Waals surface area contributed by atoms with Crippen LogP contribution in [-0.4, -0.2) is 46.2 Å². The van der Waals surface area contributed by atoms with Gasteiger partial charge in [0.25, 0.3) is 0 Å². The molecule has 3 fully saturated rings. The Morgan fingerprint density at radius 1 is 1.06 bits per heavy atom. The van der Waals surface area contributed by atoms with Crippen molar-refractivity contribution in [3.05, 3.63) is 101 Å². The molecule has 1 saturated heterocycles. The summed E-state index contributed by atoms with van der Waals surface area (Å²) in [4.78, 5) is 16.5. The predicted molar refractivity (Wildman–Crippen MR) is 135 cm³/mol. The van der Waals surface area contributed by atoms with E-state index in [0.29, 0.717) is 23.5 Å². The van der Waals surface area contributed by atoms with Crippen molar-refractivity contribution in [2.45, 2.75) is 54.5 Å². The van der Waals surface area contributed by atoms with E-state index in [1.165, 1.54) is 11.1 Å². The van der Waals surface area contributed by atoms with Crippen molar-refractivity contribution in [2.24, 2.45) is 0 Å². The number of piperidine rings is 1. The van der Waals surface area contributed by atoms with Crippen LogP contribution in [0, 0.1) is 0 Å². The molecule has 2 spiro atoms. The highest BCUT2D eigenvalue weighted by Gasteiger charge is 2.89. The van der Waals surface area contributed by atoms with E-state index in [1.807, 2.05) is 48.5 Å². The molecular formula is C31H27NO4. The van der Waals surface area contributed by atoms with Gasteiger partial charge in [0.1, 0.15) is 5.60 Å². The SMILES string of the molecule is COc1ccc2c3c1O[C@H]1C(=O)/C(=C/c4ccccc4)C[C@@]4(O)[C@@H]5N(Cc6ccccc6)[C@]5(C2)C[C@]314. The van der Waals surface area contributed by atoms with Gasteiger partial charge in [-0.1, -0.05) is 66.7 Å². The topological polar surface area (TPSA) is 58.8 Å². The van der Waals surface area contributed by atoms with Crippen LogP contribution in [0.5, 0.6) is 11.5 Å². The summed E-state index contributed by atoms with van der Waals surface area (Å²) >= 11 is 0. The molecule has 1 N–H and O–H groups in total. The number of aliphatic hydroxyl groups is 1. The summed E-state index contributed by atoms with van der Waals surface area (Å²) < 4.78 is 12.2. The number of benzene rings is 3. The van der Waals surface area contributed by atoms with Gasteiger partial charge < -0.3 is 14.6 Å². The Morgan fingerprint density at radius 3 is 2.56 bits per heavy atom. The van der Waals surface area contributed by atoms with Crippen LogP contribution in [0.4, 0.5) is 0 Å². The Hall–Kier alpha value is -3.41. The molecule has 1 unspecified atom stereocenters. The maximum atomic E-state index is 14.0. The molecule has 5 aliphatic rings. The highest BCUT2D eigenvalue weighted by molar-refractivity contribution is 6.06. The Kier molecular flexibility index (Phi) is 3.84. The zero-order chi connectivity index (χ0) is 24.3. The van der Waals surface area contributed by atoms with E-state index in [9.17, 15) is 9.90 Å². The molecule has 0 amide bonds. The van der Waals surface area contributed by atoms with E-state index in [4.69, 9.17) is 9.47 Å². The van der Waals surface area contributed by atoms with Crippen molar-refractivity contribution in [2.75, 3.05) is 7.11 Å². The standard InChI is InChI=1S/C31H27NO4/c1-35-23-13-12-21-15-29-18-30-24(21)26(23)36-27(30)25(33)22(14-19-8-4-2-5-9-19)16-31(30,34)28(29)32(29)17-20-10-6-3-7-11-20/h2-14,27-28,34H,15-18H2,1H3/b22-14+/t27-,28+,29+,30-,31+,32?/m0/s1. The van der Waals surface area contributed by atoms with Crippen molar-refractivity contribution in [3.8, 4) is 11.5 Å². The van der Waals surface area contributed by atoms with Gasteiger partial charge in [0.15, 0.2) is 23.4 Å². The van der Waals surface area contributed by atoms with Crippen LogP contribution < -0.4 is 9.47 Å². The van der Waals surface area contributed by atoms with Crippen molar-refractivity contribution in [1.82, 2.24) is 4.90 Å². The van der Waals surface area contributed by atoms with Crippen molar-refractivity contribution in [3.63, 3.8) is 0 Å². The summed E-state index contributed by atoms with van der Waals surface area (Å²) in [5.74, 6) is 1.28. The molecule has 5 nitrogen and oxygen atoms in total. The number of hydrogen-bond donors (Lipinski definition) is 1. The minimum Gasteiger partial charge on any atom is -0.493 e. The van der Waals surface area contributed by atoms with Crippen molar-refractivity contribution < 1.29 is 19.4 Å². The lowest BCUT2D eigenvalue weighted by Gasteiger charge is -2.50. The third-order valence-corrected chi connectivity index (χ3v) is 9.54. The van der Waals surface area contributed by atoms with Gasteiger partial charge in [-0.3, -0.25) is 9.69 Å². The number of fused-ring (bicyclic) bond motifs is 1. The Balaban J connectivity index is 1.31. The van der Waals surface area contributed by atoms with E-state index < -0.39 is 17.1 Å². The van der Waals surface area contributed by atoms with Crippen LogP contribution in [0.1, 0.15) is 35.1 Å². The van der Waals surface area contributed by atoms with Gasteiger partial charge in [-0.2, -0.15) is 0 Å². The average molecular weight is 478 g/mol. The monoisotopic (exact) mass is 477 g/mol. The number of carbonyl (C=O) groups is 1. The minimum atomic E-state index is -1.11. The number of carbonyl (C=O) groups excluding carboxylic acids is 1. The number of methoxy groups -OCH3 is 1. The highest BCUT2D eigenvalue weighted by Crippen LogP contribution is 2.77. The molecule has 180 valence electrons. The fourth-order valence-electron chi connectivity index (χ4n) is 8.28. The quantitative estimate of drug-likeness (QED) is 0.454. The van der Waals surface area contributed by atoms with Crippen LogP contribution in [0.2, 0.25) is 0 Å². The molecule has 3 aliphatic carbocycles. The molecule has 2 bridgehead atoms. The van der Waals surface area contributed by atoms with Crippen LogP contribution in [-0.2, 0) is 23.2 Å². The van der Waals surface area contributed by atoms with E-state index in [1.54, 1.807) is 7.11 Å².